The van der Waals surface area contributed by atoms with Crippen LogP contribution in [0.25, 0.3) is 0 Å². The van der Waals surface area contributed by atoms with Crippen molar-refractivity contribution in [3.05, 3.63) is 82.9 Å². The van der Waals surface area contributed by atoms with E-state index in [0.717, 1.165) is 11.1 Å². The topological polar surface area (TPSA) is 68.3 Å². The van der Waals surface area contributed by atoms with Gasteiger partial charge in [0, 0.05) is 23.1 Å². The van der Waals surface area contributed by atoms with Crippen LogP contribution in [0.4, 0.5) is 0 Å². The van der Waals surface area contributed by atoms with Crippen molar-refractivity contribution in [2.24, 2.45) is 0 Å². The van der Waals surface area contributed by atoms with Crippen LogP contribution in [0.5, 0.6) is 0 Å². The number of hydrogen-bond acceptors (Lipinski definition) is 4. The van der Waals surface area contributed by atoms with Gasteiger partial charge in [0.1, 0.15) is 5.78 Å². The third-order valence-electron chi connectivity index (χ3n) is 3.91. The van der Waals surface area contributed by atoms with E-state index in [1.165, 1.54) is 12.2 Å². The van der Waals surface area contributed by atoms with Crippen molar-refractivity contribution in [1.29, 1.82) is 0 Å². The lowest BCUT2D eigenvalue weighted by atomic mass is 9.90. The first-order valence-electron chi connectivity index (χ1n) is 7.55. The van der Waals surface area contributed by atoms with Gasteiger partial charge in [0.05, 0.1) is 6.42 Å². The lowest BCUT2D eigenvalue weighted by molar-refractivity contribution is -0.117. The highest BCUT2D eigenvalue weighted by Crippen LogP contribution is 2.18. The Bertz CT molecular complexity index is 853. The molecule has 0 spiro atoms. The molecule has 0 saturated carbocycles. The lowest BCUT2D eigenvalue weighted by Crippen LogP contribution is -2.19. The van der Waals surface area contributed by atoms with Crippen LogP contribution in [0, 0.1) is 0 Å². The van der Waals surface area contributed by atoms with Crippen LogP contribution in [-0.4, -0.2) is 23.1 Å². The summed E-state index contributed by atoms with van der Waals surface area (Å²) in [6, 6.07) is 14.1. The van der Waals surface area contributed by atoms with Gasteiger partial charge in [0.15, 0.2) is 17.3 Å². The molecule has 0 amide bonds. The molecule has 4 heteroatoms. The third kappa shape index (κ3) is 3.13. The smallest absolute Gasteiger partial charge is 0.186 e. The predicted molar refractivity (Wildman–Crippen MR) is 88.3 cm³/mol. The highest BCUT2D eigenvalue weighted by Gasteiger charge is 2.21. The average Bonchev–Trinajstić information content (AvgIpc) is 2.59. The summed E-state index contributed by atoms with van der Waals surface area (Å²) >= 11 is 0. The number of allylic oxidation sites excluding steroid dienone is 2. The number of hydrogen-bond donors (Lipinski definition) is 0. The molecule has 0 unspecified atom stereocenters. The van der Waals surface area contributed by atoms with Gasteiger partial charge in [0.2, 0.25) is 0 Å². The Kier molecular flexibility index (Phi) is 4.29. The van der Waals surface area contributed by atoms with E-state index in [0.29, 0.717) is 17.5 Å². The first kappa shape index (κ1) is 15.7. The first-order chi connectivity index (χ1) is 11.6. The molecule has 4 rings (SSSR count). The number of fused-ring (bicyclic) bond motifs is 2. The second kappa shape index (κ2) is 6.54. The third-order valence-corrected chi connectivity index (χ3v) is 3.91. The van der Waals surface area contributed by atoms with Crippen molar-refractivity contribution in [1.82, 2.24) is 0 Å². The van der Waals surface area contributed by atoms with Crippen LogP contribution in [0.3, 0.4) is 0 Å². The standard InChI is InChI=1S/C10H8O2.C10H6O2/c11-8-5-7-3-1-2-4-9(7)10(12)6-8;11-9-5-6-10(12)8-4-2-1-3-7(8)9/h1-4H,5-6H2;1-6H. The Morgan fingerprint density at radius 2 is 1.08 bits per heavy atom. The zero-order chi connectivity index (χ0) is 17.1. The van der Waals surface area contributed by atoms with E-state index in [2.05, 4.69) is 0 Å². The summed E-state index contributed by atoms with van der Waals surface area (Å²) in [6.07, 6.45) is 3.12. The van der Waals surface area contributed by atoms with Crippen molar-refractivity contribution in [3.63, 3.8) is 0 Å². The fourth-order valence-electron chi connectivity index (χ4n) is 2.74. The van der Waals surface area contributed by atoms with Crippen molar-refractivity contribution in [2.75, 3.05) is 0 Å². The fourth-order valence-corrected chi connectivity index (χ4v) is 2.74. The van der Waals surface area contributed by atoms with E-state index in [1.807, 2.05) is 18.2 Å². The number of carbonyl (C=O) groups excluding carboxylic acids is 4. The van der Waals surface area contributed by atoms with E-state index < -0.39 is 0 Å². The number of Topliss-reactive ketones (excluding diaryl/α,β-unsaturated/α-hetero) is 2. The van der Waals surface area contributed by atoms with Gasteiger partial charge < -0.3 is 0 Å². The Morgan fingerprint density at radius 3 is 1.67 bits per heavy atom. The number of carbonyl (C=O) groups is 4. The van der Waals surface area contributed by atoms with Gasteiger partial charge in [-0.3, -0.25) is 19.2 Å². The summed E-state index contributed by atoms with van der Waals surface area (Å²) in [5, 5.41) is 0. The van der Waals surface area contributed by atoms with E-state index in [9.17, 15) is 19.2 Å². The molecule has 0 atom stereocenters. The molecule has 2 aromatic rings. The summed E-state index contributed by atoms with van der Waals surface area (Å²) in [7, 11) is 0. The minimum atomic E-state index is -0.0924. The van der Waals surface area contributed by atoms with Gasteiger partial charge in [-0.1, -0.05) is 48.5 Å². The molecule has 0 saturated heterocycles. The number of rotatable bonds is 0. The molecule has 2 aliphatic rings. The highest BCUT2D eigenvalue weighted by atomic mass is 16.2. The van der Waals surface area contributed by atoms with Crippen molar-refractivity contribution in [3.8, 4) is 0 Å². The van der Waals surface area contributed by atoms with E-state index in [4.69, 9.17) is 0 Å². The Balaban J connectivity index is 0.000000141. The highest BCUT2D eigenvalue weighted by molar-refractivity contribution is 6.21. The molecule has 0 heterocycles. The van der Waals surface area contributed by atoms with Gasteiger partial charge in [-0.15, -0.1) is 0 Å². The average molecular weight is 318 g/mol. The molecule has 2 aromatic carbocycles. The van der Waals surface area contributed by atoms with Gasteiger partial charge in [-0.25, -0.2) is 0 Å². The van der Waals surface area contributed by atoms with Gasteiger partial charge in [0.25, 0.3) is 0 Å². The van der Waals surface area contributed by atoms with Crippen LogP contribution < -0.4 is 0 Å². The van der Waals surface area contributed by atoms with Gasteiger partial charge in [-0.2, -0.15) is 0 Å². The van der Waals surface area contributed by atoms with E-state index in [-0.39, 0.29) is 29.6 Å². The normalized spacial score (nSPS) is 15.3. The Morgan fingerprint density at radius 1 is 0.583 bits per heavy atom. The van der Waals surface area contributed by atoms with Crippen LogP contribution in [0.1, 0.15) is 43.1 Å². The molecule has 2 aliphatic carbocycles. The zero-order valence-corrected chi connectivity index (χ0v) is 12.8. The second-order valence-corrected chi connectivity index (χ2v) is 5.58. The van der Waals surface area contributed by atoms with Crippen molar-refractivity contribution in [2.45, 2.75) is 12.8 Å². The molecular formula is C20H14O4. The minimum Gasteiger partial charge on any atom is -0.299 e. The molecule has 0 aliphatic heterocycles. The summed E-state index contributed by atoms with van der Waals surface area (Å²) in [6.45, 7) is 0. The van der Waals surface area contributed by atoms with Crippen molar-refractivity contribution < 1.29 is 19.2 Å². The molecule has 0 bridgehead atoms. The number of benzene rings is 2. The Hall–Kier alpha value is -3.14. The molecule has 24 heavy (non-hydrogen) atoms. The zero-order valence-electron chi connectivity index (χ0n) is 12.8. The summed E-state index contributed by atoms with van der Waals surface area (Å²) in [5.74, 6) is -0.198. The van der Waals surface area contributed by atoms with Crippen LogP contribution in [-0.2, 0) is 11.2 Å². The Labute approximate surface area is 138 Å². The maximum atomic E-state index is 11.3. The molecular weight excluding hydrogens is 304 g/mol. The van der Waals surface area contributed by atoms with E-state index >= 15 is 0 Å². The molecule has 0 radical (unpaired) electrons. The van der Waals surface area contributed by atoms with Gasteiger partial charge >= 0.3 is 0 Å². The maximum absolute atomic E-state index is 11.3. The summed E-state index contributed by atoms with van der Waals surface area (Å²) in [4.78, 5) is 44.7. The SMILES string of the molecule is O=C1C=CC(=O)c2ccccc21.O=C1CC(=O)c2ccccc2C1. The fraction of sp³-hybridized carbons (Fsp3) is 0.100. The maximum Gasteiger partial charge on any atom is 0.186 e. The predicted octanol–water partition coefficient (Wildman–Crippen LogP) is 3.01. The monoisotopic (exact) mass is 318 g/mol. The largest absolute Gasteiger partial charge is 0.299 e. The number of ketones is 4. The first-order valence-corrected chi connectivity index (χ1v) is 7.55. The second-order valence-electron chi connectivity index (χ2n) is 5.58. The van der Waals surface area contributed by atoms with Crippen LogP contribution in [0.2, 0.25) is 0 Å². The summed E-state index contributed by atoms with van der Waals surface area (Å²) in [5.41, 5.74) is 2.60. The van der Waals surface area contributed by atoms with Gasteiger partial charge in [-0.05, 0) is 17.7 Å². The molecule has 0 N–H and O–H groups in total. The molecule has 0 fully saturated rings. The van der Waals surface area contributed by atoms with E-state index in [1.54, 1.807) is 30.3 Å². The molecule has 4 nitrogen and oxygen atoms in total. The minimum absolute atomic E-state index is 0.0266. The van der Waals surface area contributed by atoms with Crippen molar-refractivity contribution >= 4 is 23.1 Å². The quantitative estimate of drug-likeness (QED) is 0.700. The van der Waals surface area contributed by atoms with Crippen LogP contribution in [0.15, 0.2) is 60.7 Å². The lowest BCUT2D eigenvalue weighted by Gasteiger charge is -2.12. The molecule has 0 aromatic heterocycles. The van der Waals surface area contributed by atoms with Crippen LogP contribution >= 0.6 is 0 Å². The summed E-state index contributed by atoms with van der Waals surface area (Å²) < 4.78 is 0. The molecule has 118 valence electrons.